The molecule has 0 unspecified atom stereocenters. The predicted octanol–water partition coefficient (Wildman–Crippen LogP) is 2.92. The molecule has 0 fully saturated rings. The molecule has 1 aromatic heterocycles. The summed E-state index contributed by atoms with van der Waals surface area (Å²) in [6, 6.07) is 11.8. The van der Waals surface area contributed by atoms with Crippen molar-refractivity contribution in [2.75, 3.05) is 32.5 Å². The molecule has 0 aliphatic heterocycles. The predicted molar refractivity (Wildman–Crippen MR) is 103 cm³/mol. The van der Waals surface area contributed by atoms with E-state index >= 15 is 0 Å². The Morgan fingerprint density at radius 1 is 1.12 bits per heavy atom. The normalized spacial score (nSPS) is 12.0. The number of aryl methyl sites for hydroxylation is 2. The van der Waals surface area contributed by atoms with Gasteiger partial charge < -0.3 is 10.6 Å². The molecule has 0 spiro atoms. The number of likely N-dealkylation sites (N-methyl/N-ethyl adjacent to an activating group) is 1. The van der Waals surface area contributed by atoms with Gasteiger partial charge in [-0.3, -0.25) is 9.69 Å². The molecule has 0 bridgehead atoms. The van der Waals surface area contributed by atoms with Gasteiger partial charge in [0.15, 0.2) is 0 Å². The maximum atomic E-state index is 12.6. The van der Waals surface area contributed by atoms with E-state index in [0.29, 0.717) is 6.54 Å². The van der Waals surface area contributed by atoms with Crippen LogP contribution in [0.5, 0.6) is 0 Å². The minimum atomic E-state index is -0.270. The van der Waals surface area contributed by atoms with Crippen LogP contribution in [0.2, 0.25) is 0 Å². The van der Waals surface area contributed by atoms with Gasteiger partial charge in [-0.05, 0) is 57.1 Å². The lowest BCUT2D eigenvalue weighted by Gasteiger charge is -2.25. The minimum Gasteiger partial charge on any atom is -0.370 e. The summed E-state index contributed by atoms with van der Waals surface area (Å²) < 4.78 is 0. The fraction of sp³-hybridized carbons (Fsp3) is 0.400. The molecule has 134 valence electrons. The molecule has 1 amide bonds. The van der Waals surface area contributed by atoms with Crippen LogP contribution in [-0.2, 0) is 4.79 Å². The first-order valence-corrected chi connectivity index (χ1v) is 8.65. The van der Waals surface area contributed by atoms with E-state index in [1.54, 1.807) is 0 Å². The number of rotatable bonds is 8. The van der Waals surface area contributed by atoms with Crippen molar-refractivity contribution in [3.8, 4) is 0 Å². The van der Waals surface area contributed by atoms with Gasteiger partial charge in [-0.1, -0.05) is 30.3 Å². The fourth-order valence-corrected chi connectivity index (χ4v) is 2.73. The lowest BCUT2D eigenvalue weighted by molar-refractivity contribution is -0.125. The second-order valence-corrected chi connectivity index (χ2v) is 6.51. The molecule has 5 nitrogen and oxygen atoms in total. The molecule has 25 heavy (non-hydrogen) atoms. The van der Waals surface area contributed by atoms with E-state index in [1.807, 2.05) is 75.4 Å². The lowest BCUT2D eigenvalue weighted by Crippen LogP contribution is -2.38. The van der Waals surface area contributed by atoms with E-state index in [0.717, 1.165) is 35.5 Å². The third kappa shape index (κ3) is 5.57. The van der Waals surface area contributed by atoms with Crippen LogP contribution in [0.1, 0.15) is 29.2 Å². The van der Waals surface area contributed by atoms with Crippen LogP contribution >= 0.6 is 0 Å². The van der Waals surface area contributed by atoms with E-state index in [4.69, 9.17) is 0 Å². The highest BCUT2D eigenvalue weighted by atomic mass is 16.2. The van der Waals surface area contributed by atoms with Gasteiger partial charge >= 0.3 is 0 Å². The topological polar surface area (TPSA) is 57.3 Å². The molecular formula is C20H28N4O. The number of nitrogens with one attached hydrogen (secondary N) is 2. The van der Waals surface area contributed by atoms with Crippen LogP contribution in [0.15, 0.2) is 42.6 Å². The first kappa shape index (κ1) is 18.9. The minimum absolute atomic E-state index is 0.0350. The number of carbonyl (C=O) groups excluding carboxylic acids is 1. The van der Waals surface area contributed by atoms with Gasteiger partial charge in [-0.25, -0.2) is 4.98 Å². The average Bonchev–Trinajstić information content (AvgIpc) is 2.58. The Bertz CT molecular complexity index is 682. The van der Waals surface area contributed by atoms with Gasteiger partial charge in [0.05, 0.1) is 0 Å². The number of carbonyl (C=O) groups is 1. The molecule has 2 aromatic rings. The lowest BCUT2D eigenvalue weighted by atomic mass is 10.00. The second kappa shape index (κ2) is 9.18. The van der Waals surface area contributed by atoms with E-state index in [2.05, 4.69) is 15.6 Å². The summed E-state index contributed by atoms with van der Waals surface area (Å²) in [5.74, 6) is 0.899. The Morgan fingerprint density at radius 2 is 1.88 bits per heavy atom. The van der Waals surface area contributed by atoms with Crippen LogP contribution in [0.25, 0.3) is 0 Å². The highest BCUT2D eigenvalue weighted by molar-refractivity contribution is 5.83. The van der Waals surface area contributed by atoms with Gasteiger partial charge in [0.2, 0.25) is 5.91 Å². The van der Waals surface area contributed by atoms with E-state index in [-0.39, 0.29) is 11.9 Å². The number of hydrogen-bond acceptors (Lipinski definition) is 4. The van der Waals surface area contributed by atoms with Crippen molar-refractivity contribution in [2.24, 2.45) is 0 Å². The van der Waals surface area contributed by atoms with Crippen LogP contribution in [0, 0.1) is 13.8 Å². The number of hydrogen-bond donors (Lipinski definition) is 2. The molecule has 1 aromatic carbocycles. The van der Waals surface area contributed by atoms with E-state index < -0.39 is 0 Å². The monoisotopic (exact) mass is 340 g/mol. The van der Waals surface area contributed by atoms with E-state index in [9.17, 15) is 4.79 Å². The standard InChI is InChI=1S/C20H28N4O/c1-15-10-11-18(23-14-15)21-12-7-13-22-20(25)19(24(3)4)17-9-6-5-8-16(17)2/h5-6,8-11,14,19H,7,12-13H2,1-4H3,(H,21,23)(H,22,25)/t19-/m0/s1. The number of amides is 1. The fourth-order valence-electron chi connectivity index (χ4n) is 2.73. The largest absolute Gasteiger partial charge is 0.370 e. The van der Waals surface area contributed by atoms with Crippen molar-refractivity contribution in [2.45, 2.75) is 26.3 Å². The third-order valence-electron chi connectivity index (χ3n) is 4.12. The van der Waals surface area contributed by atoms with Gasteiger partial charge in [0.1, 0.15) is 11.9 Å². The van der Waals surface area contributed by atoms with Gasteiger partial charge in [0, 0.05) is 19.3 Å². The zero-order chi connectivity index (χ0) is 18.2. The quantitative estimate of drug-likeness (QED) is 0.726. The van der Waals surface area contributed by atoms with Crippen molar-refractivity contribution < 1.29 is 4.79 Å². The average molecular weight is 340 g/mol. The summed E-state index contributed by atoms with van der Waals surface area (Å²) in [4.78, 5) is 18.9. The Morgan fingerprint density at radius 3 is 2.52 bits per heavy atom. The molecule has 2 rings (SSSR count). The van der Waals surface area contributed by atoms with Gasteiger partial charge in [-0.15, -0.1) is 0 Å². The Kier molecular flexibility index (Phi) is 6.95. The number of nitrogens with zero attached hydrogens (tertiary/aromatic N) is 2. The smallest absolute Gasteiger partial charge is 0.241 e. The Balaban J connectivity index is 1.81. The molecule has 1 heterocycles. The zero-order valence-corrected chi connectivity index (χ0v) is 15.5. The summed E-state index contributed by atoms with van der Waals surface area (Å²) in [5, 5.41) is 6.31. The summed E-state index contributed by atoms with van der Waals surface area (Å²) in [6.07, 6.45) is 2.68. The van der Waals surface area contributed by atoms with Crippen molar-refractivity contribution in [3.63, 3.8) is 0 Å². The summed E-state index contributed by atoms with van der Waals surface area (Å²) in [5.41, 5.74) is 3.32. The number of anilines is 1. The number of pyridine rings is 1. The molecule has 5 heteroatoms. The maximum absolute atomic E-state index is 12.6. The van der Waals surface area contributed by atoms with Gasteiger partial charge in [0.25, 0.3) is 0 Å². The van der Waals surface area contributed by atoms with Crippen molar-refractivity contribution in [3.05, 3.63) is 59.3 Å². The molecule has 0 saturated heterocycles. The molecule has 0 radical (unpaired) electrons. The number of benzene rings is 1. The van der Waals surface area contributed by atoms with E-state index in [1.165, 1.54) is 0 Å². The summed E-state index contributed by atoms with van der Waals surface area (Å²) >= 11 is 0. The molecule has 2 N–H and O–H groups in total. The Hall–Kier alpha value is -2.40. The highest BCUT2D eigenvalue weighted by Gasteiger charge is 2.23. The van der Waals surface area contributed by atoms with Crippen molar-refractivity contribution >= 4 is 11.7 Å². The first-order chi connectivity index (χ1) is 12.0. The first-order valence-electron chi connectivity index (χ1n) is 8.65. The molecular weight excluding hydrogens is 312 g/mol. The molecule has 0 saturated carbocycles. The Labute approximate surface area is 150 Å². The maximum Gasteiger partial charge on any atom is 0.241 e. The van der Waals surface area contributed by atoms with Crippen molar-refractivity contribution in [1.29, 1.82) is 0 Å². The zero-order valence-electron chi connectivity index (χ0n) is 15.5. The SMILES string of the molecule is Cc1ccc(NCCCNC(=O)[C@H](c2ccccc2C)N(C)C)nc1. The second-order valence-electron chi connectivity index (χ2n) is 6.51. The molecule has 0 aliphatic carbocycles. The molecule has 0 aliphatic rings. The van der Waals surface area contributed by atoms with Crippen LogP contribution in [0.4, 0.5) is 5.82 Å². The van der Waals surface area contributed by atoms with Crippen LogP contribution < -0.4 is 10.6 Å². The highest BCUT2D eigenvalue weighted by Crippen LogP contribution is 2.21. The van der Waals surface area contributed by atoms with Crippen LogP contribution in [-0.4, -0.2) is 43.0 Å². The number of aromatic nitrogens is 1. The van der Waals surface area contributed by atoms with Gasteiger partial charge in [-0.2, -0.15) is 0 Å². The summed E-state index contributed by atoms with van der Waals surface area (Å²) in [7, 11) is 3.86. The summed E-state index contributed by atoms with van der Waals surface area (Å²) in [6.45, 7) is 5.46. The van der Waals surface area contributed by atoms with Crippen molar-refractivity contribution in [1.82, 2.24) is 15.2 Å². The van der Waals surface area contributed by atoms with Crippen LogP contribution in [0.3, 0.4) is 0 Å². The molecule has 1 atom stereocenters. The third-order valence-corrected chi connectivity index (χ3v) is 4.12.